The molecule has 2 aliphatic heterocycles. The van der Waals surface area contributed by atoms with Gasteiger partial charge >= 0.3 is 0 Å². The van der Waals surface area contributed by atoms with Crippen molar-refractivity contribution in [2.75, 3.05) is 63.8 Å². The first-order valence-electron chi connectivity index (χ1n) is 14.9. The molecule has 0 saturated carbocycles. The van der Waals surface area contributed by atoms with Crippen LogP contribution >= 0.6 is 0 Å². The molecule has 2 aromatic carbocycles. The molecule has 0 unspecified atom stereocenters. The summed E-state index contributed by atoms with van der Waals surface area (Å²) in [5.74, 6) is 3.60. The molecule has 6 nitrogen and oxygen atoms in total. The Labute approximate surface area is 243 Å². The van der Waals surface area contributed by atoms with E-state index in [0.717, 1.165) is 83.7 Å². The number of nitrogens with zero attached hydrogens (tertiary/aromatic N) is 4. The highest BCUT2D eigenvalue weighted by Crippen LogP contribution is 2.42. The maximum atomic E-state index is 14.0. The van der Waals surface area contributed by atoms with E-state index in [-0.39, 0.29) is 5.91 Å². The Kier molecular flexibility index (Phi) is 8.75. The third kappa shape index (κ3) is 5.60. The Bertz CT molecular complexity index is 1610. The molecular weight excluding hydrogens is 508 g/mol. The van der Waals surface area contributed by atoms with Crippen LogP contribution in [0.3, 0.4) is 0 Å². The average Bonchev–Trinajstić information content (AvgIpc) is 3.01. The van der Waals surface area contributed by atoms with Crippen LogP contribution in [0.15, 0.2) is 65.1 Å². The Morgan fingerprint density at radius 3 is 2.34 bits per heavy atom. The Balaban J connectivity index is 1.71. The highest BCUT2D eigenvalue weighted by Gasteiger charge is 2.27. The number of terminal acetylenes is 1. The maximum absolute atomic E-state index is 14.0. The summed E-state index contributed by atoms with van der Waals surface area (Å²) in [6.07, 6.45) is 5.52. The van der Waals surface area contributed by atoms with Crippen molar-refractivity contribution in [3.63, 3.8) is 0 Å². The second-order valence-corrected chi connectivity index (χ2v) is 10.5. The average molecular weight is 550 g/mol. The number of benzene rings is 3. The first-order chi connectivity index (χ1) is 20.0. The normalized spacial score (nSPS) is 13.9. The number of carbonyl (C=O) groups excluding carboxylic acids is 1. The van der Waals surface area contributed by atoms with Gasteiger partial charge in [0.25, 0.3) is 5.91 Å². The molecule has 41 heavy (non-hydrogen) atoms. The smallest absolute Gasteiger partial charge is 0.254 e. The van der Waals surface area contributed by atoms with E-state index in [1.54, 1.807) is 0 Å². The zero-order valence-corrected chi connectivity index (χ0v) is 24.8. The third-order valence-corrected chi connectivity index (χ3v) is 8.35. The summed E-state index contributed by atoms with van der Waals surface area (Å²) in [5.41, 5.74) is 5.63. The summed E-state index contributed by atoms with van der Waals surface area (Å²) >= 11 is 0. The van der Waals surface area contributed by atoms with E-state index in [2.05, 4.69) is 90.5 Å². The van der Waals surface area contributed by atoms with Gasteiger partial charge < -0.3 is 14.2 Å². The van der Waals surface area contributed by atoms with Gasteiger partial charge in [0.2, 0.25) is 5.36 Å². The largest absolute Gasteiger partial charge is 0.456 e. The molecule has 2 aromatic rings. The van der Waals surface area contributed by atoms with Gasteiger partial charge in [-0.15, -0.1) is 6.42 Å². The van der Waals surface area contributed by atoms with Crippen LogP contribution in [-0.4, -0.2) is 74.6 Å². The van der Waals surface area contributed by atoms with Crippen LogP contribution in [0.5, 0.6) is 0 Å². The molecule has 1 amide bonds. The maximum Gasteiger partial charge on any atom is 0.254 e. The van der Waals surface area contributed by atoms with Crippen LogP contribution in [0, 0.1) is 12.3 Å². The van der Waals surface area contributed by atoms with E-state index in [9.17, 15) is 4.79 Å². The highest BCUT2D eigenvalue weighted by atomic mass is 16.3. The number of fused-ring (bicyclic) bond motifs is 2. The van der Waals surface area contributed by atoms with Gasteiger partial charge in [-0.25, -0.2) is 4.58 Å². The zero-order valence-electron chi connectivity index (χ0n) is 24.8. The van der Waals surface area contributed by atoms with E-state index in [4.69, 9.17) is 10.8 Å². The molecule has 1 saturated heterocycles. The van der Waals surface area contributed by atoms with Gasteiger partial charge in [-0.2, -0.15) is 0 Å². The summed E-state index contributed by atoms with van der Waals surface area (Å²) in [6.45, 7) is 15.9. The zero-order chi connectivity index (χ0) is 28.9. The molecule has 1 aliphatic carbocycles. The lowest BCUT2D eigenvalue weighted by atomic mass is 9.90. The van der Waals surface area contributed by atoms with E-state index >= 15 is 0 Å². The van der Waals surface area contributed by atoms with Crippen LogP contribution < -0.4 is 14.8 Å². The number of amides is 1. The number of hydrogen-bond acceptors (Lipinski definition) is 4. The first-order valence-corrected chi connectivity index (χ1v) is 14.9. The predicted molar refractivity (Wildman–Crippen MR) is 169 cm³/mol. The SMILES string of the molecule is C#CCN1CCN(C(=O)c2ccccc2-c2c3ccc(=[N+](CC)CC)cc-3oc3cc(N(CC)CC)ccc23)CC1. The molecule has 1 fully saturated rings. The van der Waals surface area contributed by atoms with Crippen molar-refractivity contribution >= 4 is 22.6 Å². The van der Waals surface area contributed by atoms with Gasteiger partial charge in [-0.1, -0.05) is 24.1 Å². The lowest BCUT2D eigenvalue weighted by molar-refractivity contribution is 0.0653. The van der Waals surface area contributed by atoms with Crippen molar-refractivity contribution in [1.29, 1.82) is 0 Å². The van der Waals surface area contributed by atoms with Crippen molar-refractivity contribution in [1.82, 2.24) is 14.4 Å². The summed E-state index contributed by atoms with van der Waals surface area (Å²) < 4.78 is 8.97. The second kappa shape index (κ2) is 12.6. The van der Waals surface area contributed by atoms with E-state index in [1.165, 1.54) is 0 Å². The van der Waals surface area contributed by atoms with Crippen LogP contribution in [0.1, 0.15) is 38.1 Å². The number of hydrogen-bond donors (Lipinski definition) is 0. The predicted octanol–water partition coefficient (Wildman–Crippen LogP) is 5.25. The summed E-state index contributed by atoms with van der Waals surface area (Å²) in [6, 6.07) is 20.9. The van der Waals surface area contributed by atoms with Crippen molar-refractivity contribution in [3.8, 4) is 34.8 Å². The van der Waals surface area contributed by atoms with Crippen LogP contribution in [-0.2, 0) is 0 Å². The lowest BCUT2D eigenvalue weighted by Gasteiger charge is -2.34. The van der Waals surface area contributed by atoms with Gasteiger partial charge in [-0.05, 0) is 57.5 Å². The molecule has 0 aromatic heterocycles. The highest BCUT2D eigenvalue weighted by molar-refractivity contribution is 6.09. The first kappa shape index (κ1) is 28.4. The molecular formula is C35H41N4O2+. The van der Waals surface area contributed by atoms with Gasteiger partial charge in [-0.3, -0.25) is 9.69 Å². The Hall–Kier alpha value is -4.08. The number of carbonyl (C=O) groups is 1. The topological polar surface area (TPSA) is 42.9 Å². The van der Waals surface area contributed by atoms with Crippen molar-refractivity contribution in [2.45, 2.75) is 27.7 Å². The molecule has 0 bridgehead atoms. The number of piperazine rings is 1. The molecule has 3 aliphatic rings. The van der Waals surface area contributed by atoms with Gasteiger partial charge in [0.1, 0.15) is 24.4 Å². The fourth-order valence-corrected chi connectivity index (χ4v) is 6.02. The summed E-state index contributed by atoms with van der Waals surface area (Å²) in [4.78, 5) is 20.5. The van der Waals surface area contributed by atoms with E-state index in [1.807, 2.05) is 23.1 Å². The quantitative estimate of drug-likeness (QED) is 0.171. The van der Waals surface area contributed by atoms with Crippen molar-refractivity contribution < 1.29 is 9.21 Å². The minimum Gasteiger partial charge on any atom is -0.456 e. The van der Waals surface area contributed by atoms with Gasteiger partial charge in [0.05, 0.1) is 12.6 Å². The Morgan fingerprint density at radius 2 is 1.66 bits per heavy atom. The minimum atomic E-state index is 0.0579. The standard InChI is InChI=1S/C35H41N4O2/c1-6-19-36-20-22-39(23-21-36)35(40)29-14-12-11-13-28(29)34-30-17-15-26(37(7-2)8-3)24-32(30)41-33-25-27(16-18-31(33)34)38(9-4)10-5/h1,11-18,24-25H,7-10,19-23H2,2-5H3/q+1. The summed E-state index contributed by atoms with van der Waals surface area (Å²) in [5, 5.41) is 2.13. The van der Waals surface area contributed by atoms with Crippen LogP contribution in [0.25, 0.3) is 33.4 Å². The third-order valence-electron chi connectivity index (χ3n) is 8.35. The van der Waals surface area contributed by atoms with Gasteiger partial charge in [0.15, 0.2) is 0 Å². The lowest BCUT2D eigenvalue weighted by Crippen LogP contribution is -2.48. The molecule has 5 rings (SSSR count). The molecule has 212 valence electrons. The second-order valence-electron chi connectivity index (χ2n) is 10.5. The fourth-order valence-electron chi connectivity index (χ4n) is 6.02. The van der Waals surface area contributed by atoms with Crippen LogP contribution in [0.4, 0.5) is 5.69 Å². The molecule has 6 heteroatoms. The van der Waals surface area contributed by atoms with Crippen LogP contribution in [0.2, 0.25) is 0 Å². The molecule has 0 spiro atoms. The summed E-state index contributed by atoms with van der Waals surface area (Å²) in [7, 11) is 0. The van der Waals surface area contributed by atoms with Crippen molar-refractivity contribution in [3.05, 3.63) is 71.6 Å². The van der Waals surface area contributed by atoms with Crippen molar-refractivity contribution in [2.24, 2.45) is 0 Å². The Morgan fingerprint density at radius 1 is 0.927 bits per heavy atom. The molecule has 0 N–H and O–H groups in total. The van der Waals surface area contributed by atoms with E-state index in [0.29, 0.717) is 25.2 Å². The number of anilines is 1. The number of rotatable bonds is 8. The van der Waals surface area contributed by atoms with Gasteiger partial charge in [0, 0.05) is 79.2 Å². The minimum absolute atomic E-state index is 0.0579. The van der Waals surface area contributed by atoms with E-state index < -0.39 is 0 Å². The monoisotopic (exact) mass is 549 g/mol. The molecule has 0 radical (unpaired) electrons. The molecule has 2 heterocycles. The molecule has 0 atom stereocenters. The fraction of sp³-hybridized carbons (Fsp3) is 0.371.